The van der Waals surface area contributed by atoms with Gasteiger partial charge in [-0.05, 0) is 35.9 Å². The van der Waals surface area contributed by atoms with Crippen molar-refractivity contribution in [1.82, 2.24) is 19.5 Å². The molecule has 0 aliphatic carbocycles. The highest BCUT2D eigenvalue weighted by atomic mass is 16.5. The maximum atomic E-state index is 12.4. The number of likely N-dealkylation sites (N-methyl/N-ethyl adjacent to an activating group) is 1. The summed E-state index contributed by atoms with van der Waals surface area (Å²) in [5.74, 6) is 1.83. The summed E-state index contributed by atoms with van der Waals surface area (Å²) in [6, 6.07) is 11.1. The van der Waals surface area contributed by atoms with Gasteiger partial charge in [-0.2, -0.15) is 0 Å². The number of nitrogens with zero attached hydrogens (tertiary/aromatic N) is 4. The van der Waals surface area contributed by atoms with E-state index in [1.54, 1.807) is 38.3 Å². The molecule has 0 atom stereocenters. The van der Waals surface area contributed by atoms with Crippen LogP contribution in [0.4, 0.5) is 0 Å². The van der Waals surface area contributed by atoms with E-state index < -0.39 is 0 Å². The lowest BCUT2D eigenvalue weighted by atomic mass is 10.2. The quantitative estimate of drug-likeness (QED) is 0.637. The average molecular weight is 352 g/mol. The first kappa shape index (κ1) is 17.5. The molecule has 0 spiro atoms. The number of carbonyl (C=O) groups is 1. The van der Waals surface area contributed by atoms with E-state index in [0.717, 1.165) is 11.2 Å². The van der Waals surface area contributed by atoms with Gasteiger partial charge in [-0.25, -0.2) is 0 Å². The minimum Gasteiger partial charge on any atom is -0.493 e. The van der Waals surface area contributed by atoms with Crippen LogP contribution in [-0.4, -0.2) is 46.7 Å². The molecule has 7 heteroatoms. The molecule has 0 fully saturated rings. The van der Waals surface area contributed by atoms with Gasteiger partial charge in [0.05, 0.1) is 20.8 Å². The summed E-state index contributed by atoms with van der Waals surface area (Å²) in [5, 5.41) is 8.23. The molecule has 1 amide bonds. The van der Waals surface area contributed by atoms with Gasteiger partial charge in [0.25, 0.3) is 0 Å². The lowest BCUT2D eigenvalue weighted by Gasteiger charge is -2.13. The zero-order chi connectivity index (χ0) is 18.5. The number of hydrogen-bond donors (Lipinski definition) is 0. The largest absolute Gasteiger partial charge is 0.493 e. The SMILES string of the molecule is COc1ccc(C=CC(=O)N(C)Cc2nnc3ccccn23)cc1OC. The van der Waals surface area contributed by atoms with Gasteiger partial charge in [0, 0.05) is 19.3 Å². The maximum absolute atomic E-state index is 12.4. The lowest BCUT2D eigenvalue weighted by molar-refractivity contribution is -0.125. The molecule has 2 heterocycles. The molecular weight excluding hydrogens is 332 g/mol. The fourth-order valence-electron chi connectivity index (χ4n) is 2.54. The van der Waals surface area contributed by atoms with Gasteiger partial charge >= 0.3 is 0 Å². The number of fused-ring (bicyclic) bond motifs is 1. The fourth-order valence-corrected chi connectivity index (χ4v) is 2.54. The lowest BCUT2D eigenvalue weighted by Crippen LogP contribution is -2.25. The third-order valence-electron chi connectivity index (χ3n) is 3.97. The van der Waals surface area contributed by atoms with E-state index in [1.807, 2.05) is 40.9 Å². The van der Waals surface area contributed by atoms with Crippen LogP contribution in [0.1, 0.15) is 11.4 Å². The Balaban J connectivity index is 1.70. The molecule has 0 radical (unpaired) electrons. The number of carbonyl (C=O) groups excluding carboxylic acids is 1. The minimum absolute atomic E-state index is 0.132. The fraction of sp³-hybridized carbons (Fsp3) is 0.211. The Kier molecular flexibility index (Phi) is 5.17. The second kappa shape index (κ2) is 7.69. The summed E-state index contributed by atoms with van der Waals surface area (Å²) in [5.41, 5.74) is 1.60. The number of aromatic nitrogens is 3. The van der Waals surface area contributed by atoms with Crippen LogP contribution in [0.15, 0.2) is 48.7 Å². The highest BCUT2D eigenvalue weighted by Gasteiger charge is 2.11. The second-order valence-corrected chi connectivity index (χ2v) is 5.69. The van der Waals surface area contributed by atoms with Gasteiger partial charge < -0.3 is 14.4 Å². The van der Waals surface area contributed by atoms with Crippen LogP contribution in [0.5, 0.6) is 11.5 Å². The Morgan fingerprint density at radius 3 is 2.73 bits per heavy atom. The molecule has 0 bridgehead atoms. The standard InChI is InChI=1S/C19H20N4O3/c1-22(13-18-21-20-17-6-4-5-11-23(17)18)19(24)10-8-14-7-9-15(25-2)16(12-14)26-3/h4-12H,13H2,1-3H3. The summed E-state index contributed by atoms with van der Waals surface area (Å²) in [6.07, 6.45) is 5.13. The first-order valence-corrected chi connectivity index (χ1v) is 8.06. The second-order valence-electron chi connectivity index (χ2n) is 5.69. The van der Waals surface area contributed by atoms with Gasteiger partial charge in [-0.15, -0.1) is 10.2 Å². The van der Waals surface area contributed by atoms with Crippen molar-refractivity contribution in [2.45, 2.75) is 6.54 Å². The van der Waals surface area contributed by atoms with E-state index in [-0.39, 0.29) is 5.91 Å². The molecule has 134 valence electrons. The van der Waals surface area contributed by atoms with Crippen molar-refractivity contribution >= 4 is 17.6 Å². The zero-order valence-electron chi connectivity index (χ0n) is 14.9. The van der Waals surface area contributed by atoms with Crippen molar-refractivity contribution in [2.24, 2.45) is 0 Å². The van der Waals surface area contributed by atoms with E-state index in [4.69, 9.17) is 9.47 Å². The first-order valence-electron chi connectivity index (χ1n) is 8.06. The highest BCUT2D eigenvalue weighted by Crippen LogP contribution is 2.27. The first-order chi connectivity index (χ1) is 12.6. The Morgan fingerprint density at radius 1 is 1.15 bits per heavy atom. The monoisotopic (exact) mass is 352 g/mol. The van der Waals surface area contributed by atoms with Gasteiger partial charge in [0.15, 0.2) is 23.0 Å². The number of pyridine rings is 1. The third-order valence-corrected chi connectivity index (χ3v) is 3.97. The molecule has 7 nitrogen and oxygen atoms in total. The van der Waals surface area contributed by atoms with E-state index in [0.29, 0.717) is 23.9 Å². The molecule has 3 rings (SSSR count). The summed E-state index contributed by atoms with van der Waals surface area (Å²) < 4.78 is 12.3. The predicted octanol–water partition coefficient (Wildman–Crippen LogP) is 2.42. The topological polar surface area (TPSA) is 69.0 Å². The molecule has 0 aliphatic rings. The van der Waals surface area contributed by atoms with Crippen molar-refractivity contribution in [3.63, 3.8) is 0 Å². The van der Waals surface area contributed by atoms with Crippen LogP contribution in [-0.2, 0) is 11.3 Å². The van der Waals surface area contributed by atoms with Crippen LogP contribution in [0.25, 0.3) is 11.7 Å². The van der Waals surface area contributed by atoms with E-state index in [9.17, 15) is 4.79 Å². The molecule has 0 N–H and O–H groups in total. The van der Waals surface area contributed by atoms with Crippen molar-refractivity contribution in [1.29, 1.82) is 0 Å². The molecule has 0 unspecified atom stereocenters. The summed E-state index contributed by atoms with van der Waals surface area (Å²) in [6.45, 7) is 0.361. The number of rotatable bonds is 6. The van der Waals surface area contributed by atoms with Crippen LogP contribution in [0, 0.1) is 0 Å². The van der Waals surface area contributed by atoms with Crippen molar-refractivity contribution in [2.75, 3.05) is 21.3 Å². The number of hydrogen-bond acceptors (Lipinski definition) is 5. The molecule has 0 aliphatic heterocycles. The maximum Gasteiger partial charge on any atom is 0.246 e. The van der Waals surface area contributed by atoms with Crippen LogP contribution < -0.4 is 9.47 Å². The molecule has 3 aromatic rings. The van der Waals surface area contributed by atoms with Gasteiger partial charge in [-0.1, -0.05) is 12.1 Å². The Morgan fingerprint density at radius 2 is 1.96 bits per heavy atom. The molecule has 1 aromatic carbocycles. The molecule has 2 aromatic heterocycles. The van der Waals surface area contributed by atoms with E-state index >= 15 is 0 Å². The van der Waals surface area contributed by atoms with Gasteiger partial charge in [0.2, 0.25) is 5.91 Å². The third kappa shape index (κ3) is 3.66. The molecule has 26 heavy (non-hydrogen) atoms. The molecule has 0 saturated carbocycles. The average Bonchev–Trinajstić information content (AvgIpc) is 3.08. The molecular formula is C19H20N4O3. The van der Waals surface area contributed by atoms with Crippen molar-refractivity contribution in [3.8, 4) is 11.5 Å². The van der Waals surface area contributed by atoms with Gasteiger partial charge in [-0.3, -0.25) is 9.20 Å². The van der Waals surface area contributed by atoms with Crippen LogP contribution in [0.2, 0.25) is 0 Å². The number of ether oxygens (including phenoxy) is 2. The number of amides is 1. The summed E-state index contributed by atoms with van der Waals surface area (Å²) in [7, 11) is 4.89. The minimum atomic E-state index is -0.132. The van der Waals surface area contributed by atoms with E-state index in [1.165, 1.54) is 6.08 Å². The highest BCUT2D eigenvalue weighted by molar-refractivity contribution is 5.91. The van der Waals surface area contributed by atoms with Crippen molar-refractivity contribution in [3.05, 3.63) is 60.1 Å². The normalized spacial score (nSPS) is 11.0. The van der Waals surface area contributed by atoms with E-state index in [2.05, 4.69) is 10.2 Å². The smallest absolute Gasteiger partial charge is 0.246 e. The zero-order valence-corrected chi connectivity index (χ0v) is 14.9. The summed E-state index contributed by atoms with van der Waals surface area (Å²) in [4.78, 5) is 14.0. The van der Waals surface area contributed by atoms with Gasteiger partial charge in [0.1, 0.15) is 0 Å². The number of methoxy groups -OCH3 is 2. The van der Waals surface area contributed by atoms with Crippen LogP contribution in [0.3, 0.4) is 0 Å². The molecule has 0 saturated heterocycles. The Labute approximate surface area is 151 Å². The number of benzene rings is 1. The Bertz CT molecular complexity index is 949. The predicted molar refractivity (Wildman–Crippen MR) is 98.0 cm³/mol. The Hall–Kier alpha value is -3.35. The van der Waals surface area contributed by atoms with Crippen molar-refractivity contribution < 1.29 is 14.3 Å². The summed E-state index contributed by atoms with van der Waals surface area (Å²) >= 11 is 0. The van der Waals surface area contributed by atoms with Crippen LogP contribution >= 0.6 is 0 Å².